The number of carbonyl (C=O) groups is 2. The van der Waals surface area contributed by atoms with Gasteiger partial charge in [0, 0.05) is 26.1 Å². The SMILES string of the molecule is COCCCOc1ccccc1NC(=O)C1CCCC(C(=O)O)C1. The molecule has 1 aromatic rings. The Morgan fingerprint density at radius 1 is 1.21 bits per heavy atom. The van der Waals surface area contributed by atoms with Crippen LogP contribution in [0.3, 0.4) is 0 Å². The number of anilines is 1. The van der Waals surface area contributed by atoms with Crippen molar-refractivity contribution in [2.45, 2.75) is 32.1 Å². The zero-order chi connectivity index (χ0) is 17.4. The van der Waals surface area contributed by atoms with Crippen LogP contribution in [-0.4, -0.2) is 37.3 Å². The number of benzene rings is 1. The number of para-hydroxylation sites is 2. The number of nitrogens with one attached hydrogen (secondary N) is 1. The zero-order valence-corrected chi connectivity index (χ0v) is 14.0. The van der Waals surface area contributed by atoms with Gasteiger partial charge >= 0.3 is 5.97 Å². The molecule has 0 saturated heterocycles. The van der Waals surface area contributed by atoms with Crippen LogP contribution in [0.4, 0.5) is 5.69 Å². The molecule has 6 nitrogen and oxygen atoms in total. The lowest BCUT2D eigenvalue weighted by atomic mass is 9.81. The van der Waals surface area contributed by atoms with E-state index in [1.165, 1.54) is 0 Å². The highest BCUT2D eigenvalue weighted by molar-refractivity contribution is 5.94. The fourth-order valence-corrected chi connectivity index (χ4v) is 2.97. The molecule has 2 N–H and O–H groups in total. The van der Waals surface area contributed by atoms with Gasteiger partial charge in [-0.1, -0.05) is 18.6 Å². The number of hydrogen-bond acceptors (Lipinski definition) is 4. The van der Waals surface area contributed by atoms with Crippen molar-refractivity contribution in [3.05, 3.63) is 24.3 Å². The van der Waals surface area contributed by atoms with Crippen LogP contribution < -0.4 is 10.1 Å². The topological polar surface area (TPSA) is 84.9 Å². The van der Waals surface area contributed by atoms with Gasteiger partial charge in [-0.3, -0.25) is 9.59 Å². The first-order chi connectivity index (χ1) is 11.6. The van der Waals surface area contributed by atoms with E-state index in [0.29, 0.717) is 37.5 Å². The molecule has 2 atom stereocenters. The summed E-state index contributed by atoms with van der Waals surface area (Å²) in [5, 5.41) is 12.0. The molecule has 6 heteroatoms. The lowest BCUT2D eigenvalue weighted by Crippen LogP contribution is -2.31. The minimum atomic E-state index is -0.811. The van der Waals surface area contributed by atoms with Crippen molar-refractivity contribution in [1.29, 1.82) is 0 Å². The maximum absolute atomic E-state index is 12.5. The molecule has 24 heavy (non-hydrogen) atoms. The van der Waals surface area contributed by atoms with E-state index in [-0.39, 0.29) is 11.8 Å². The summed E-state index contributed by atoms with van der Waals surface area (Å²) in [6.45, 7) is 1.12. The van der Waals surface area contributed by atoms with Gasteiger partial charge in [0.05, 0.1) is 18.2 Å². The summed E-state index contributed by atoms with van der Waals surface area (Å²) in [5.74, 6) is -1.01. The Labute approximate surface area is 142 Å². The average Bonchev–Trinajstić information content (AvgIpc) is 2.60. The third kappa shape index (κ3) is 5.23. The third-order valence-electron chi connectivity index (χ3n) is 4.29. The molecule has 0 spiro atoms. The van der Waals surface area contributed by atoms with Gasteiger partial charge in [-0.25, -0.2) is 0 Å². The van der Waals surface area contributed by atoms with Crippen LogP contribution in [-0.2, 0) is 14.3 Å². The van der Waals surface area contributed by atoms with Crippen molar-refractivity contribution in [3.8, 4) is 5.75 Å². The zero-order valence-electron chi connectivity index (χ0n) is 14.0. The first-order valence-corrected chi connectivity index (χ1v) is 8.36. The highest BCUT2D eigenvalue weighted by atomic mass is 16.5. The molecule has 2 rings (SSSR count). The van der Waals surface area contributed by atoms with Gasteiger partial charge in [-0.2, -0.15) is 0 Å². The molecule has 1 fully saturated rings. The molecule has 0 bridgehead atoms. The Bertz CT molecular complexity index is 560. The molecule has 132 valence electrons. The first kappa shape index (κ1) is 18.3. The van der Waals surface area contributed by atoms with E-state index in [1.54, 1.807) is 13.2 Å². The first-order valence-electron chi connectivity index (χ1n) is 8.36. The molecule has 0 radical (unpaired) electrons. The van der Waals surface area contributed by atoms with Gasteiger partial charge in [0.2, 0.25) is 5.91 Å². The number of rotatable bonds is 8. The van der Waals surface area contributed by atoms with Crippen molar-refractivity contribution in [2.24, 2.45) is 11.8 Å². The predicted molar refractivity (Wildman–Crippen MR) is 90.1 cm³/mol. The van der Waals surface area contributed by atoms with Gasteiger partial charge < -0.3 is 19.9 Å². The summed E-state index contributed by atoms with van der Waals surface area (Å²) in [6.07, 6.45) is 3.31. The average molecular weight is 335 g/mol. The van der Waals surface area contributed by atoms with Gasteiger partial charge in [0.1, 0.15) is 5.75 Å². The van der Waals surface area contributed by atoms with E-state index >= 15 is 0 Å². The molecule has 1 aliphatic carbocycles. The van der Waals surface area contributed by atoms with Crippen molar-refractivity contribution in [2.75, 3.05) is 25.6 Å². The quantitative estimate of drug-likeness (QED) is 0.714. The lowest BCUT2D eigenvalue weighted by molar-refractivity contribution is -0.143. The largest absolute Gasteiger partial charge is 0.491 e. The highest BCUT2D eigenvalue weighted by Gasteiger charge is 2.31. The molecule has 2 unspecified atom stereocenters. The Morgan fingerprint density at radius 2 is 1.96 bits per heavy atom. The Balaban J connectivity index is 1.94. The molecular weight excluding hydrogens is 310 g/mol. The van der Waals surface area contributed by atoms with Crippen molar-refractivity contribution in [1.82, 2.24) is 0 Å². The number of aliphatic carboxylic acids is 1. The van der Waals surface area contributed by atoms with Crippen molar-refractivity contribution < 1.29 is 24.2 Å². The maximum atomic E-state index is 12.5. The van der Waals surface area contributed by atoms with Crippen LogP contribution in [0.1, 0.15) is 32.1 Å². The summed E-state index contributed by atoms with van der Waals surface area (Å²) >= 11 is 0. The monoisotopic (exact) mass is 335 g/mol. The number of carboxylic acid groups (broad SMARTS) is 1. The van der Waals surface area contributed by atoms with E-state index in [1.807, 2.05) is 18.2 Å². The summed E-state index contributed by atoms with van der Waals surface area (Å²) in [6, 6.07) is 7.28. The van der Waals surface area contributed by atoms with Crippen LogP contribution >= 0.6 is 0 Å². The van der Waals surface area contributed by atoms with Gasteiger partial charge in [0.25, 0.3) is 0 Å². The lowest BCUT2D eigenvalue weighted by Gasteiger charge is -2.26. The fourth-order valence-electron chi connectivity index (χ4n) is 2.97. The number of methoxy groups -OCH3 is 1. The number of carboxylic acids is 1. The minimum Gasteiger partial charge on any atom is -0.491 e. The molecule has 1 aromatic carbocycles. The van der Waals surface area contributed by atoms with Crippen LogP contribution in [0, 0.1) is 11.8 Å². The van der Waals surface area contributed by atoms with Crippen LogP contribution in [0.25, 0.3) is 0 Å². The third-order valence-corrected chi connectivity index (χ3v) is 4.29. The van der Waals surface area contributed by atoms with E-state index in [4.69, 9.17) is 14.6 Å². The second-order valence-corrected chi connectivity index (χ2v) is 6.08. The van der Waals surface area contributed by atoms with Gasteiger partial charge in [-0.15, -0.1) is 0 Å². The summed E-state index contributed by atoms with van der Waals surface area (Å²) in [5.41, 5.74) is 0.623. The molecule has 1 saturated carbocycles. The van der Waals surface area contributed by atoms with E-state index < -0.39 is 11.9 Å². The summed E-state index contributed by atoms with van der Waals surface area (Å²) in [4.78, 5) is 23.6. The van der Waals surface area contributed by atoms with Crippen LogP contribution in [0.15, 0.2) is 24.3 Å². The standard InChI is InChI=1S/C18H25NO5/c1-23-10-5-11-24-16-9-3-2-8-15(16)19-17(20)13-6-4-7-14(12-13)18(21)22/h2-3,8-9,13-14H,4-7,10-12H2,1H3,(H,19,20)(H,21,22). The molecule has 0 aliphatic heterocycles. The highest BCUT2D eigenvalue weighted by Crippen LogP contribution is 2.31. The minimum absolute atomic E-state index is 0.131. The van der Waals surface area contributed by atoms with Crippen LogP contribution in [0.5, 0.6) is 5.75 Å². The number of ether oxygens (including phenoxy) is 2. The van der Waals surface area contributed by atoms with Gasteiger partial charge in [-0.05, 0) is 31.4 Å². The normalized spacial score (nSPS) is 20.4. The number of amides is 1. The van der Waals surface area contributed by atoms with E-state index in [2.05, 4.69) is 5.32 Å². The molecule has 1 amide bonds. The maximum Gasteiger partial charge on any atom is 0.306 e. The summed E-state index contributed by atoms with van der Waals surface area (Å²) in [7, 11) is 1.64. The molecule has 0 aromatic heterocycles. The molecule has 0 heterocycles. The summed E-state index contributed by atoms with van der Waals surface area (Å²) < 4.78 is 10.7. The van der Waals surface area contributed by atoms with Crippen LogP contribution in [0.2, 0.25) is 0 Å². The second kappa shape index (κ2) is 9.27. The number of carbonyl (C=O) groups excluding carboxylic acids is 1. The Morgan fingerprint density at radius 3 is 2.71 bits per heavy atom. The molecule has 1 aliphatic rings. The van der Waals surface area contributed by atoms with Gasteiger partial charge in [0.15, 0.2) is 0 Å². The Hall–Kier alpha value is -2.08. The predicted octanol–water partition coefficient (Wildman–Crippen LogP) is 2.93. The molecular formula is C18H25NO5. The van der Waals surface area contributed by atoms with Crippen molar-refractivity contribution >= 4 is 17.6 Å². The van der Waals surface area contributed by atoms with E-state index in [9.17, 15) is 9.59 Å². The Kier molecular flexibility index (Phi) is 7.06. The van der Waals surface area contributed by atoms with Crippen molar-refractivity contribution in [3.63, 3.8) is 0 Å². The fraction of sp³-hybridized carbons (Fsp3) is 0.556. The number of hydrogen-bond donors (Lipinski definition) is 2. The second-order valence-electron chi connectivity index (χ2n) is 6.08. The smallest absolute Gasteiger partial charge is 0.306 e. The van der Waals surface area contributed by atoms with E-state index in [0.717, 1.165) is 19.3 Å².